The molecule has 5 aromatic rings. The highest BCUT2D eigenvalue weighted by Crippen LogP contribution is 2.38. The second kappa shape index (κ2) is 8.01. The van der Waals surface area contributed by atoms with E-state index in [2.05, 4.69) is 115 Å². The fourth-order valence-corrected chi connectivity index (χ4v) is 4.52. The van der Waals surface area contributed by atoms with Crippen LogP contribution in [0.3, 0.4) is 0 Å². The van der Waals surface area contributed by atoms with Gasteiger partial charge in [-0.05, 0) is 36.8 Å². The van der Waals surface area contributed by atoms with Gasteiger partial charge in [0.1, 0.15) is 18.2 Å². The van der Waals surface area contributed by atoms with E-state index in [0.29, 0.717) is 0 Å². The SMILES string of the molecule is Cc1ccc2c(oc3cc(-c4nc(C(C)(C)C)cc(C(C)(C)C)n4)ccc32)c1-c1cccc[n+]1C. The first-order valence-corrected chi connectivity index (χ1v) is 12.2. The fraction of sp³-hybridized carbons (Fsp3) is 0.323. The molecular formula is C31H34N3O+. The van der Waals surface area contributed by atoms with Crippen LogP contribution in [-0.4, -0.2) is 9.97 Å². The van der Waals surface area contributed by atoms with Crippen LogP contribution in [-0.2, 0) is 17.9 Å². The van der Waals surface area contributed by atoms with Crippen LogP contribution in [0.1, 0.15) is 58.5 Å². The lowest BCUT2D eigenvalue weighted by molar-refractivity contribution is -0.660. The number of fused-ring (bicyclic) bond motifs is 3. The van der Waals surface area contributed by atoms with Gasteiger partial charge in [0.15, 0.2) is 12.0 Å². The van der Waals surface area contributed by atoms with Crippen LogP contribution >= 0.6 is 0 Å². The average Bonchev–Trinajstić information content (AvgIpc) is 3.16. The summed E-state index contributed by atoms with van der Waals surface area (Å²) in [6, 6.07) is 19.1. The van der Waals surface area contributed by atoms with Crippen molar-refractivity contribution >= 4 is 21.9 Å². The van der Waals surface area contributed by atoms with Crippen molar-refractivity contribution in [3.63, 3.8) is 0 Å². The predicted octanol–water partition coefficient (Wildman–Crippen LogP) is 7.44. The fourth-order valence-electron chi connectivity index (χ4n) is 4.52. The molecule has 0 unspecified atom stereocenters. The first-order valence-electron chi connectivity index (χ1n) is 12.2. The van der Waals surface area contributed by atoms with Gasteiger partial charge in [-0.2, -0.15) is 0 Å². The average molecular weight is 465 g/mol. The molecule has 3 heterocycles. The van der Waals surface area contributed by atoms with E-state index in [1.54, 1.807) is 0 Å². The Kier molecular flexibility index (Phi) is 5.32. The number of hydrogen-bond donors (Lipinski definition) is 0. The minimum atomic E-state index is -0.0706. The van der Waals surface area contributed by atoms with E-state index in [1.807, 2.05) is 6.07 Å². The van der Waals surface area contributed by atoms with E-state index in [-0.39, 0.29) is 10.8 Å². The molecule has 0 spiro atoms. The number of pyridine rings is 1. The standard InChI is InChI=1S/C31H34N3O/c1-19-12-14-22-21-15-13-20(29-32-25(30(2,3)4)18-26(33-29)31(5,6)7)17-24(21)35-28(22)27(19)23-11-9-10-16-34(23)8/h9-18H,1-8H3/q+1. The predicted molar refractivity (Wildman–Crippen MR) is 143 cm³/mol. The van der Waals surface area contributed by atoms with Crippen molar-refractivity contribution in [1.29, 1.82) is 0 Å². The molecule has 0 N–H and O–H groups in total. The molecule has 4 nitrogen and oxygen atoms in total. The van der Waals surface area contributed by atoms with Gasteiger partial charge in [0, 0.05) is 39.3 Å². The molecule has 0 aliphatic rings. The summed E-state index contributed by atoms with van der Waals surface area (Å²) in [6.07, 6.45) is 2.07. The summed E-state index contributed by atoms with van der Waals surface area (Å²) >= 11 is 0. The van der Waals surface area contributed by atoms with Crippen LogP contribution in [0.25, 0.3) is 44.6 Å². The van der Waals surface area contributed by atoms with Gasteiger partial charge in [-0.15, -0.1) is 0 Å². The van der Waals surface area contributed by atoms with Gasteiger partial charge >= 0.3 is 0 Å². The van der Waals surface area contributed by atoms with Gasteiger partial charge in [-0.25, -0.2) is 14.5 Å². The number of aryl methyl sites for hydroxylation is 2. The second-order valence-electron chi connectivity index (χ2n) is 11.6. The van der Waals surface area contributed by atoms with Gasteiger partial charge in [0.05, 0.1) is 17.0 Å². The molecular weight excluding hydrogens is 430 g/mol. The summed E-state index contributed by atoms with van der Waals surface area (Å²) < 4.78 is 8.70. The molecule has 0 bridgehead atoms. The van der Waals surface area contributed by atoms with Crippen LogP contribution in [0.15, 0.2) is 65.2 Å². The molecule has 35 heavy (non-hydrogen) atoms. The van der Waals surface area contributed by atoms with Gasteiger partial charge in [0.25, 0.3) is 0 Å². The Bertz CT molecular complexity index is 1550. The van der Waals surface area contributed by atoms with Crippen molar-refractivity contribution in [2.45, 2.75) is 59.3 Å². The Labute approximate surface area is 207 Å². The van der Waals surface area contributed by atoms with Crippen molar-refractivity contribution in [2.75, 3.05) is 0 Å². The lowest BCUT2D eigenvalue weighted by Crippen LogP contribution is -2.30. The molecule has 2 aromatic carbocycles. The maximum Gasteiger partial charge on any atom is 0.216 e. The first-order chi connectivity index (χ1) is 16.4. The summed E-state index contributed by atoms with van der Waals surface area (Å²) in [5.74, 6) is 0.746. The Morgan fingerprint density at radius 2 is 1.43 bits per heavy atom. The number of rotatable bonds is 2. The third-order valence-electron chi connectivity index (χ3n) is 6.68. The zero-order valence-corrected chi connectivity index (χ0v) is 22.0. The lowest BCUT2D eigenvalue weighted by atomic mass is 9.86. The van der Waals surface area contributed by atoms with Crippen molar-refractivity contribution in [2.24, 2.45) is 7.05 Å². The maximum atomic E-state index is 6.56. The summed E-state index contributed by atoms with van der Waals surface area (Å²) in [5, 5.41) is 2.22. The largest absolute Gasteiger partial charge is 0.455 e. The smallest absolute Gasteiger partial charge is 0.216 e. The van der Waals surface area contributed by atoms with E-state index in [9.17, 15) is 0 Å². The van der Waals surface area contributed by atoms with E-state index >= 15 is 0 Å². The molecule has 178 valence electrons. The molecule has 0 radical (unpaired) electrons. The zero-order valence-electron chi connectivity index (χ0n) is 22.0. The molecule has 4 heteroatoms. The van der Waals surface area contributed by atoms with E-state index in [0.717, 1.165) is 56.0 Å². The van der Waals surface area contributed by atoms with Crippen LogP contribution in [0.5, 0.6) is 0 Å². The Morgan fingerprint density at radius 3 is 2.06 bits per heavy atom. The highest BCUT2D eigenvalue weighted by molar-refractivity contribution is 6.10. The zero-order chi connectivity index (χ0) is 25.1. The third-order valence-corrected chi connectivity index (χ3v) is 6.68. The van der Waals surface area contributed by atoms with Crippen molar-refractivity contribution in [1.82, 2.24) is 9.97 Å². The summed E-state index contributed by atoms with van der Waals surface area (Å²) in [5.41, 5.74) is 8.14. The molecule has 3 aromatic heterocycles. The van der Waals surface area contributed by atoms with Crippen LogP contribution < -0.4 is 4.57 Å². The highest BCUT2D eigenvalue weighted by Gasteiger charge is 2.24. The monoisotopic (exact) mass is 464 g/mol. The minimum absolute atomic E-state index is 0.0706. The molecule has 0 aliphatic heterocycles. The summed E-state index contributed by atoms with van der Waals surface area (Å²) in [7, 11) is 2.07. The highest BCUT2D eigenvalue weighted by atomic mass is 16.3. The quantitative estimate of drug-likeness (QED) is 0.255. The number of hydrogen-bond acceptors (Lipinski definition) is 3. The topological polar surface area (TPSA) is 42.8 Å². The lowest BCUT2D eigenvalue weighted by Gasteiger charge is -2.24. The summed E-state index contributed by atoms with van der Waals surface area (Å²) in [4.78, 5) is 9.97. The van der Waals surface area contributed by atoms with Crippen LogP contribution in [0.4, 0.5) is 0 Å². The van der Waals surface area contributed by atoms with Crippen molar-refractivity contribution < 1.29 is 8.98 Å². The number of nitrogens with zero attached hydrogens (tertiary/aromatic N) is 3. The van der Waals surface area contributed by atoms with Gasteiger partial charge in [-0.1, -0.05) is 59.7 Å². The van der Waals surface area contributed by atoms with Crippen LogP contribution in [0, 0.1) is 6.92 Å². The summed E-state index contributed by atoms with van der Waals surface area (Å²) in [6.45, 7) is 15.3. The first kappa shape index (κ1) is 23.2. The second-order valence-corrected chi connectivity index (χ2v) is 11.6. The molecule has 0 fully saturated rings. The van der Waals surface area contributed by atoms with Gasteiger partial charge in [-0.3, -0.25) is 0 Å². The van der Waals surface area contributed by atoms with Gasteiger partial charge in [0.2, 0.25) is 5.69 Å². The number of aromatic nitrogens is 3. The molecule has 0 aliphatic carbocycles. The van der Waals surface area contributed by atoms with E-state index in [1.165, 1.54) is 5.56 Å². The van der Waals surface area contributed by atoms with Crippen LogP contribution in [0.2, 0.25) is 0 Å². The Hall–Kier alpha value is -3.53. The molecule has 0 atom stereocenters. The third kappa shape index (κ3) is 4.12. The van der Waals surface area contributed by atoms with Crippen molar-refractivity contribution in [3.8, 4) is 22.6 Å². The van der Waals surface area contributed by atoms with E-state index < -0.39 is 0 Å². The molecule has 0 saturated heterocycles. The number of furan rings is 1. The maximum absolute atomic E-state index is 6.56. The Balaban J connectivity index is 1.74. The van der Waals surface area contributed by atoms with Gasteiger partial charge < -0.3 is 4.42 Å². The normalized spacial score (nSPS) is 12.6. The molecule has 5 rings (SSSR count). The number of benzene rings is 2. The molecule has 0 saturated carbocycles. The van der Waals surface area contributed by atoms with Crippen molar-refractivity contribution in [3.05, 3.63) is 77.7 Å². The van der Waals surface area contributed by atoms with E-state index in [4.69, 9.17) is 14.4 Å². The molecule has 0 amide bonds. The Morgan fingerprint density at radius 1 is 0.771 bits per heavy atom. The minimum Gasteiger partial charge on any atom is -0.455 e.